The van der Waals surface area contributed by atoms with Gasteiger partial charge in [0.25, 0.3) is 5.91 Å². The zero-order chi connectivity index (χ0) is 17.9. The molecule has 0 bridgehead atoms. The first-order chi connectivity index (χ1) is 11.3. The molecule has 6 heteroatoms. The Morgan fingerprint density at radius 1 is 1.25 bits per heavy atom. The minimum Gasteiger partial charge on any atom is -0.378 e. The predicted octanol–water partition coefficient (Wildman–Crippen LogP) is 0.756. The Balaban J connectivity index is 1.91. The first-order valence-corrected chi connectivity index (χ1v) is 8.15. The molecular formula is C18H28N5O+. The summed E-state index contributed by atoms with van der Waals surface area (Å²) in [4.78, 5) is 15.5. The molecular weight excluding hydrogens is 302 g/mol. The molecule has 0 aliphatic carbocycles. The summed E-state index contributed by atoms with van der Waals surface area (Å²) in [5.41, 5.74) is 5.04. The Morgan fingerprint density at radius 2 is 1.88 bits per heavy atom. The summed E-state index contributed by atoms with van der Waals surface area (Å²) >= 11 is 0. The predicted molar refractivity (Wildman–Crippen MR) is 97.5 cm³/mol. The van der Waals surface area contributed by atoms with Gasteiger partial charge in [0.1, 0.15) is 6.54 Å². The number of nitrogens with zero attached hydrogens (tertiary/aromatic N) is 3. The van der Waals surface area contributed by atoms with E-state index in [4.69, 9.17) is 0 Å². The molecule has 2 rings (SSSR count). The van der Waals surface area contributed by atoms with Gasteiger partial charge >= 0.3 is 0 Å². The Labute approximate surface area is 144 Å². The summed E-state index contributed by atoms with van der Waals surface area (Å²) in [6.07, 6.45) is 0. The second-order valence-electron chi connectivity index (χ2n) is 6.59. The Hall–Kier alpha value is -2.34. The summed E-state index contributed by atoms with van der Waals surface area (Å²) in [6, 6.07) is 8.44. The van der Waals surface area contributed by atoms with E-state index in [-0.39, 0.29) is 5.91 Å². The maximum Gasteiger partial charge on any atom is 0.279 e. The van der Waals surface area contributed by atoms with Gasteiger partial charge in [-0.15, -0.1) is 0 Å². The average Bonchev–Trinajstić information content (AvgIpc) is 2.74. The zero-order valence-corrected chi connectivity index (χ0v) is 15.5. The third-order valence-corrected chi connectivity index (χ3v) is 4.19. The highest BCUT2D eigenvalue weighted by Gasteiger charge is 2.15. The van der Waals surface area contributed by atoms with Crippen LogP contribution in [0.25, 0.3) is 0 Å². The van der Waals surface area contributed by atoms with Gasteiger partial charge < -0.3 is 15.1 Å². The largest absolute Gasteiger partial charge is 0.378 e. The first kappa shape index (κ1) is 18.0. The lowest BCUT2D eigenvalue weighted by Crippen LogP contribution is -3.08. The molecule has 0 spiro atoms. The molecule has 130 valence electrons. The number of hydrogen-bond acceptors (Lipinski definition) is 3. The monoisotopic (exact) mass is 330 g/mol. The van der Waals surface area contributed by atoms with E-state index in [1.807, 2.05) is 42.0 Å². The number of nitrogens with one attached hydrogen (secondary N) is 2. The van der Waals surface area contributed by atoms with E-state index in [0.29, 0.717) is 6.54 Å². The zero-order valence-electron chi connectivity index (χ0n) is 15.5. The van der Waals surface area contributed by atoms with E-state index in [0.717, 1.165) is 28.5 Å². The van der Waals surface area contributed by atoms with Crippen molar-refractivity contribution in [3.05, 3.63) is 41.2 Å². The Morgan fingerprint density at radius 3 is 2.38 bits per heavy atom. The smallest absolute Gasteiger partial charge is 0.279 e. The highest BCUT2D eigenvalue weighted by molar-refractivity contribution is 5.92. The molecule has 0 radical (unpaired) electrons. The number of aromatic nitrogens is 2. The second-order valence-corrected chi connectivity index (χ2v) is 6.59. The normalized spacial score (nSPS) is 12.1. The average molecular weight is 330 g/mol. The van der Waals surface area contributed by atoms with E-state index >= 15 is 0 Å². The van der Waals surface area contributed by atoms with Crippen LogP contribution in [0.15, 0.2) is 24.3 Å². The van der Waals surface area contributed by atoms with Gasteiger partial charge in [-0.25, -0.2) is 0 Å². The highest BCUT2D eigenvalue weighted by Crippen LogP contribution is 2.17. The number of anilines is 2. The number of carbonyl (C=O) groups is 1. The molecule has 2 N–H and O–H groups in total. The van der Waals surface area contributed by atoms with Gasteiger partial charge in [-0.2, -0.15) is 5.10 Å². The summed E-state index contributed by atoms with van der Waals surface area (Å²) in [5.74, 6) is 0.0108. The topological polar surface area (TPSA) is 54.6 Å². The summed E-state index contributed by atoms with van der Waals surface area (Å²) < 4.78 is 1.79. The van der Waals surface area contributed by atoms with Crippen LogP contribution in [0.4, 0.5) is 11.4 Å². The van der Waals surface area contributed by atoms with Crippen LogP contribution in [0, 0.1) is 13.8 Å². The Bertz CT molecular complexity index is 703. The Kier molecular flexibility index (Phi) is 5.62. The van der Waals surface area contributed by atoms with Crippen molar-refractivity contribution < 1.29 is 9.69 Å². The standard InChI is InChI=1S/C18H27N5O/c1-13-18(14(2)23(6)20-13)19-17(24)12-22(5)11-15-7-9-16(10-8-15)21(3)4/h7-10H,11-12H2,1-6H3,(H,19,24)/p+1. The number of hydrogen-bond donors (Lipinski definition) is 2. The molecule has 2 aromatic rings. The second kappa shape index (κ2) is 7.49. The molecule has 24 heavy (non-hydrogen) atoms. The third-order valence-electron chi connectivity index (χ3n) is 4.19. The molecule has 1 atom stereocenters. The quantitative estimate of drug-likeness (QED) is 0.822. The highest BCUT2D eigenvalue weighted by atomic mass is 16.2. The van der Waals surface area contributed by atoms with Crippen LogP contribution in [0.5, 0.6) is 0 Å². The molecule has 0 aliphatic rings. The van der Waals surface area contributed by atoms with Gasteiger partial charge in [-0.05, 0) is 26.0 Å². The van der Waals surface area contributed by atoms with Crippen LogP contribution in [0.1, 0.15) is 17.0 Å². The summed E-state index contributed by atoms with van der Waals surface area (Å²) in [5, 5.41) is 7.31. The number of quaternary nitrogens is 1. The van der Waals surface area contributed by atoms with E-state index in [9.17, 15) is 4.79 Å². The fourth-order valence-electron chi connectivity index (χ4n) is 2.74. The number of rotatable bonds is 6. The van der Waals surface area contributed by atoms with Crippen LogP contribution in [0.3, 0.4) is 0 Å². The van der Waals surface area contributed by atoms with Crippen LogP contribution in [-0.2, 0) is 18.4 Å². The number of aryl methyl sites for hydroxylation is 2. The lowest BCUT2D eigenvalue weighted by molar-refractivity contribution is -0.885. The molecule has 1 unspecified atom stereocenters. The van der Waals surface area contributed by atoms with E-state index in [1.54, 1.807) is 4.68 Å². The SMILES string of the molecule is Cc1nn(C)c(C)c1NC(=O)C[NH+](C)Cc1ccc(N(C)C)cc1. The van der Waals surface area contributed by atoms with E-state index in [2.05, 4.69) is 39.6 Å². The third kappa shape index (κ3) is 4.35. The van der Waals surface area contributed by atoms with Crippen molar-refractivity contribution in [1.29, 1.82) is 0 Å². The van der Waals surface area contributed by atoms with Gasteiger partial charge in [-0.3, -0.25) is 9.48 Å². The molecule has 1 aromatic carbocycles. The van der Waals surface area contributed by atoms with Gasteiger partial charge in [0, 0.05) is 32.4 Å². The summed E-state index contributed by atoms with van der Waals surface area (Å²) in [6.45, 7) is 5.10. The van der Waals surface area contributed by atoms with Crippen molar-refractivity contribution in [2.45, 2.75) is 20.4 Å². The molecule has 0 saturated carbocycles. The van der Waals surface area contributed by atoms with E-state index < -0.39 is 0 Å². The van der Waals surface area contributed by atoms with Crippen molar-refractivity contribution >= 4 is 17.3 Å². The minimum absolute atomic E-state index is 0.0108. The molecule has 1 aromatic heterocycles. The molecule has 1 heterocycles. The maximum absolute atomic E-state index is 12.3. The van der Waals surface area contributed by atoms with Crippen molar-refractivity contribution in [1.82, 2.24) is 9.78 Å². The molecule has 0 aliphatic heterocycles. The van der Waals surface area contributed by atoms with Crippen LogP contribution in [-0.4, -0.2) is 43.4 Å². The maximum atomic E-state index is 12.3. The van der Waals surface area contributed by atoms with Gasteiger partial charge in [-0.1, -0.05) is 12.1 Å². The van der Waals surface area contributed by atoms with Crippen molar-refractivity contribution in [2.75, 3.05) is 37.9 Å². The lowest BCUT2D eigenvalue weighted by Gasteiger charge is -2.16. The number of benzene rings is 1. The van der Waals surface area contributed by atoms with Gasteiger partial charge in [0.2, 0.25) is 0 Å². The van der Waals surface area contributed by atoms with Crippen LogP contribution in [0.2, 0.25) is 0 Å². The van der Waals surface area contributed by atoms with Crippen LogP contribution < -0.4 is 15.1 Å². The molecule has 1 amide bonds. The fraction of sp³-hybridized carbons (Fsp3) is 0.444. The van der Waals surface area contributed by atoms with Gasteiger partial charge in [0.05, 0.1) is 24.1 Å². The molecule has 0 fully saturated rings. The number of amides is 1. The van der Waals surface area contributed by atoms with Crippen molar-refractivity contribution in [3.63, 3.8) is 0 Å². The molecule has 0 saturated heterocycles. The number of carbonyl (C=O) groups excluding carboxylic acids is 1. The first-order valence-electron chi connectivity index (χ1n) is 8.15. The fourth-order valence-corrected chi connectivity index (χ4v) is 2.74. The van der Waals surface area contributed by atoms with Crippen LogP contribution >= 0.6 is 0 Å². The summed E-state index contributed by atoms with van der Waals surface area (Å²) in [7, 11) is 7.97. The lowest BCUT2D eigenvalue weighted by atomic mass is 10.2. The van der Waals surface area contributed by atoms with E-state index in [1.165, 1.54) is 11.3 Å². The van der Waals surface area contributed by atoms with Crippen molar-refractivity contribution in [3.8, 4) is 0 Å². The van der Waals surface area contributed by atoms with Crippen molar-refractivity contribution in [2.24, 2.45) is 7.05 Å². The number of likely N-dealkylation sites (N-methyl/N-ethyl adjacent to an activating group) is 1. The van der Waals surface area contributed by atoms with Gasteiger partial charge in [0.15, 0.2) is 6.54 Å². The molecule has 6 nitrogen and oxygen atoms in total. The minimum atomic E-state index is 0.0108.